The summed E-state index contributed by atoms with van der Waals surface area (Å²) in [5.41, 5.74) is 2.06. The van der Waals surface area contributed by atoms with Crippen molar-refractivity contribution in [1.29, 1.82) is 0 Å². The van der Waals surface area contributed by atoms with Crippen molar-refractivity contribution in [3.63, 3.8) is 0 Å². The number of piperazine rings is 1. The zero-order valence-corrected chi connectivity index (χ0v) is 11.7. The van der Waals surface area contributed by atoms with Gasteiger partial charge in [-0.25, -0.2) is 0 Å². The van der Waals surface area contributed by atoms with E-state index in [1.54, 1.807) is 6.92 Å². The minimum atomic E-state index is 0.0927. The van der Waals surface area contributed by atoms with Crippen molar-refractivity contribution in [2.75, 3.05) is 18.0 Å². The highest BCUT2D eigenvalue weighted by atomic mass is 16.1. The predicted octanol–water partition coefficient (Wildman–Crippen LogP) is 2.47. The van der Waals surface area contributed by atoms with Crippen molar-refractivity contribution in [3.8, 4) is 0 Å². The van der Waals surface area contributed by atoms with Crippen LogP contribution in [-0.2, 0) is 0 Å². The molecule has 1 aromatic rings. The highest BCUT2D eigenvalue weighted by Crippen LogP contribution is 2.28. The highest BCUT2D eigenvalue weighted by molar-refractivity contribution is 5.94. The molecule has 1 aromatic carbocycles. The first kappa shape index (κ1) is 13.1. The van der Waals surface area contributed by atoms with E-state index in [4.69, 9.17) is 0 Å². The molecule has 3 heteroatoms. The molecule has 1 unspecified atom stereocenters. The lowest BCUT2D eigenvalue weighted by molar-refractivity contribution is 0.101. The summed E-state index contributed by atoms with van der Waals surface area (Å²) in [4.78, 5) is 13.7. The molecule has 0 bridgehead atoms. The largest absolute Gasteiger partial charge is 0.361 e. The Bertz CT molecular complexity index is 436. The molecule has 18 heavy (non-hydrogen) atoms. The van der Waals surface area contributed by atoms with E-state index >= 15 is 0 Å². The number of benzene rings is 1. The fraction of sp³-hybridized carbons (Fsp3) is 0.533. The van der Waals surface area contributed by atoms with Gasteiger partial charge in [0.05, 0.1) is 0 Å². The van der Waals surface area contributed by atoms with E-state index in [0.717, 1.165) is 18.7 Å². The highest BCUT2D eigenvalue weighted by Gasteiger charge is 2.34. The Morgan fingerprint density at radius 3 is 2.44 bits per heavy atom. The topological polar surface area (TPSA) is 32.3 Å². The zero-order valence-electron chi connectivity index (χ0n) is 11.7. The first-order valence-corrected chi connectivity index (χ1v) is 6.53. The molecule has 1 saturated heterocycles. The molecule has 3 nitrogen and oxygen atoms in total. The van der Waals surface area contributed by atoms with Gasteiger partial charge in [0.25, 0.3) is 0 Å². The van der Waals surface area contributed by atoms with Crippen LogP contribution in [0.2, 0.25) is 0 Å². The van der Waals surface area contributed by atoms with Crippen molar-refractivity contribution in [1.82, 2.24) is 5.32 Å². The van der Waals surface area contributed by atoms with Crippen LogP contribution in [0.3, 0.4) is 0 Å². The van der Waals surface area contributed by atoms with E-state index in [1.165, 1.54) is 5.69 Å². The molecule has 0 spiro atoms. The summed E-state index contributed by atoms with van der Waals surface area (Å²) in [7, 11) is 0. The van der Waals surface area contributed by atoms with Gasteiger partial charge in [0.15, 0.2) is 5.78 Å². The maximum absolute atomic E-state index is 11.3. The quantitative estimate of drug-likeness (QED) is 0.814. The van der Waals surface area contributed by atoms with Crippen LogP contribution < -0.4 is 10.2 Å². The SMILES string of the molecule is CC(=O)c1ccc(N2C(C)CNCC2(C)C)cc1. The van der Waals surface area contributed by atoms with E-state index in [-0.39, 0.29) is 11.3 Å². The number of hydrogen-bond acceptors (Lipinski definition) is 3. The standard InChI is InChI=1S/C15H22N2O/c1-11-9-16-10-15(3,4)17(11)14-7-5-13(6-8-14)12(2)18/h5-8,11,16H,9-10H2,1-4H3. The number of ketones is 1. The molecular formula is C15H22N2O. The lowest BCUT2D eigenvalue weighted by Gasteiger charge is -2.48. The molecule has 1 atom stereocenters. The fourth-order valence-electron chi connectivity index (χ4n) is 2.82. The van der Waals surface area contributed by atoms with Gasteiger partial charge >= 0.3 is 0 Å². The molecule has 2 rings (SSSR count). The van der Waals surface area contributed by atoms with E-state index in [9.17, 15) is 4.79 Å². The van der Waals surface area contributed by atoms with Gasteiger partial charge in [-0.05, 0) is 52.0 Å². The molecule has 1 fully saturated rings. The van der Waals surface area contributed by atoms with Gasteiger partial charge in [-0.1, -0.05) is 0 Å². The molecule has 1 aliphatic rings. The molecule has 0 radical (unpaired) electrons. The third-order valence-corrected chi connectivity index (χ3v) is 3.64. The average molecular weight is 246 g/mol. The number of carbonyl (C=O) groups excluding carboxylic acids is 1. The van der Waals surface area contributed by atoms with Crippen molar-refractivity contribution >= 4 is 11.5 Å². The molecule has 0 saturated carbocycles. The first-order valence-electron chi connectivity index (χ1n) is 6.53. The Morgan fingerprint density at radius 1 is 1.33 bits per heavy atom. The molecule has 0 amide bonds. The molecule has 1 N–H and O–H groups in total. The number of anilines is 1. The minimum Gasteiger partial charge on any atom is -0.361 e. The van der Waals surface area contributed by atoms with Crippen molar-refractivity contribution < 1.29 is 4.79 Å². The molecule has 1 heterocycles. The zero-order chi connectivity index (χ0) is 13.3. The number of nitrogens with one attached hydrogen (secondary N) is 1. The van der Waals surface area contributed by atoms with Crippen LogP contribution in [0.25, 0.3) is 0 Å². The van der Waals surface area contributed by atoms with Crippen LogP contribution in [0.1, 0.15) is 38.1 Å². The monoisotopic (exact) mass is 246 g/mol. The van der Waals surface area contributed by atoms with E-state index < -0.39 is 0 Å². The minimum absolute atomic E-state index is 0.0927. The van der Waals surface area contributed by atoms with Gasteiger partial charge < -0.3 is 10.2 Å². The van der Waals surface area contributed by atoms with Crippen LogP contribution in [0.5, 0.6) is 0 Å². The van der Waals surface area contributed by atoms with Crippen molar-refractivity contribution in [3.05, 3.63) is 29.8 Å². The lowest BCUT2D eigenvalue weighted by atomic mass is 9.95. The van der Waals surface area contributed by atoms with Crippen LogP contribution in [0.15, 0.2) is 24.3 Å². The van der Waals surface area contributed by atoms with Crippen LogP contribution >= 0.6 is 0 Å². The van der Waals surface area contributed by atoms with E-state index in [1.807, 2.05) is 12.1 Å². The Hall–Kier alpha value is -1.35. The number of nitrogens with zero attached hydrogens (tertiary/aromatic N) is 1. The van der Waals surface area contributed by atoms with Gasteiger partial charge in [0.1, 0.15) is 0 Å². The first-order chi connectivity index (χ1) is 8.42. The maximum Gasteiger partial charge on any atom is 0.159 e. The summed E-state index contributed by atoms with van der Waals surface area (Å²) in [6.45, 7) is 10.3. The van der Waals surface area contributed by atoms with Gasteiger partial charge in [-0.2, -0.15) is 0 Å². The lowest BCUT2D eigenvalue weighted by Crippen LogP contribution is -2.62. The van der Waals surface area contributed by atoms with E-state index in [0.29, 0.717) is 6.04 Å². The number of carbonyl (C=O) groups is 1. The van der Waals surface area contributed by atoms with Gasteiger partial charge in [-0.15, -0.1) is 0 Å². The van der Waals surface area contributed by atoms with Crippen molar-refractivity contribution in [2.45, 2.75) is 39.3 Å². The van der Waals surface area contributed by atoms with Gasteiger partial charge in [0, 0.05) is 35.9 Å². The summed E-state index contributed by atoms with van der Waals surface area (Å²) < 4.78 is 0. The number of rotatable bonds is 2. The summed E-state index contributed by atoms with van der Waals surface area (Å²) in [6, 6.07) is 8.41. The number of Topliss-reactive ketones (excluding diaryl/α,β-unsaturated/α-hetero) is 1. The summed E-state index contributed by atoms with van der Waals surface area (Å²) >= 11 is 0. The Balaban J connectivity index is 2.31. The summed E-state index contributed by atoms with van der Waals surface area (Å²) in [5, 5.41) is 3.46. The molecule has 1 aliphatic heterocycles. The van der Waals surface area contributed by atoms with Crippen LogP contribution in [0, 0.1) is 0 Å². The normalized spacial score (nSPS) is 22.9. The predicted molar refractivity (Wildman–Crippen MR) is 75.3 cm³/mol. The van der Waals surface area contributed by atoms with Gasteiger partial charge in [0.2, 0.25) is 0 Å². The average Bonchev–Trinajstić information content (AvgIpc) is 2.28. The Morgan fingerprint density at radius 2 is 1.94 bits per heavy atom. The Labute approximate surface area is 109 Å². The van der Waals surface area contributed by atoms with Crippen molar-refractivity contribution in [2.24, 2.45) is 0 Å². The second kappa shape index (κ2) is 4.73. The second-order valence-electron chi connectivity index (χ2n) is 5.77. The number of hydrogen-bond donors (Lipinski definition) is 1. The summed E-state index contributed by atoms with van der Waals surface area (Å²) in [6.07, 6.45) is 0. The molecule has 98 valence electrons. The van der Waals surface area contributed by atoms with E-state index in [2.05, 4.69) is 43.1 Å². The summed E-state index contributed by atoms with van der Waals surface area (Å²) in [5.74, 6) is 0.120. The van der Waals surface area contributed by atoms with Crippen LogP contribution in [-0.4, -0.2) is 30.5 Å². The van der Waals surface area contributed by atoms with Gasteiger partial charge in [-0.3, -0.25) is 4.79 Å². The third kappa shape index (κ3) is 2.41. The Kier molecular flexibility index (Phi) is 3.44. The molecule has 0 aromatic heterocycles. The third-order valence-electron chi connectivity index (χ3n) is 3.64. The molecule has 0 aliphatic carbocycles. The fourth-order valence-corrected chi connectivity index (χ4v) is 2.82. The molecular weight excluding hydrogens is 224 g/mol. The smallest absolute Gasteiger partial charge is 0.159 e. The van der Waals surface area contributed by atoms with Crippen LogP contribution in [0.4, 0.5) is 5.69 Å². The second-order valence-corrected chi connectivity index (χ2v) is 5.77. The maximum atomic E-state index is 11.3.